The van der Waals surface area contributed by atoms with Gasteiger partial charge in [-0.15, -0.1) is 11.3 Å². The van der Waals surface area contributed by atoms with Gasteiger partial charge in [-0.1, -0.05) is 0 Å². The fourth-order valence-corrected chi connectivity index (χ4v) is 2.15. The Hall–Kier alpha value is -0.340. The van der Waals surface area contributed by atoms with Crippen molar-refractivity contribution in [2.75, 3.05) is 13.1 Å². The summed E-state index contributed by atoms with van der Waals surface area (Å²) in [5.41, 5.74) is 1.53. The first-order valence-electron chi connectivity index (χ1n) is 4.09. The largest absolute Gasteiger partial charge is 0.316 e. The SMILES string of the molecule is Cc1cc(CC2CNC2)cs1. The minimum atomic E-state index is 0.906. The van der Waals surface area contributed by atoms with Gasteiger partial charge in [-0.05, 0) is 49.4 Å². The molecular formula is C9H13NS. The summed E-state index contributed by atoms with van der Waals surface area (Å²) in [4.78, 5) is 1.44. The third-order valence-electron chi connectivity index (χ3n) is 2.18. The van der Waals surface area contributed by atoms with E-state index in [2.05, 4.69) is 23.7 Å². The van der Waals surface area contributed by atoms with Crippen molar-refractivity contribution < 1.29 is 0 Å². The summed E-state index contributed by atoms with van der Waals surface area (Å²) in [6, 6.07) is 2.31. The zero-order chi connectivity index (χ0) is 7.68. The third-order valence-corrected chi connectivity index (χ3v) is 3.09. The molecule has 0 radical (unpaired) electrons. The maximum absolute atomic E-state index is 3.29. The highest BCUT2D eigenvalue weighted by Gasteiger charge is 2.16. The van der Waals surface area contributed by atoms with Gasteiger partial charge in [-0.3, -0.25) is 0 Å². The van der Waals surface area contributed by atoms with Crippen LogP contribution in [0.15, 0.2) is 11.4 Å². The Labute approximate surface area is 71.4 Å². The summed E-state index contributed by atoms with van der Waals surface area (Å²) in [7, 11) is 0. The fourth-order valence-electron chi connectivity index (χ4n) is 1.43. The maximum Gasteiger partial charge on any atom is 0.00170 e. The van der Waals surface area contributed by atoms with Crippen LogP contribution < -0.4 is 5.32 Å². The highest BCUT2D eigenvalue weighted by molar-refractivity contribution is 7.10. The molecule has 1 aliphatic heterocycles. The van der Waals surface area contributed by atoms with E-state index in [1.54, 1.807) is 0 Å². The minimum Gasteiger partial charge on any atom is -0.316 e. The summed E-state index contributed by atoms with van der Waals surface area (Å²) in [5.74, 6) is 0.906. The molecule has 1 N–H and O–H groups in total. The predicted molar refractivity (Wildman–Crippen MR) is 49.1 cm³/mol. The van der Waals surface area contributed by atoms with Gasteiger partial charge in [0.15, 0.2) is 0 Å². The summed E-state index contributed by atoms with van der Waals surface area (Å²) < 4.78 is 0. The van der Waals surface area contributed by atoms with E-state index >= 15 is 0 Å². The van der Waals surface area contributed by atoms with E-state index in [0.29, 0.717) is 0 Å². The first-order chi connectivity index (χ1) is 5.34. The zero-order valence-corrected chi connectivity index (χ0v) is 7.58. The highest BCUT2D eigenvalue weighted by Crippen LogP contribution is 2.18. The second-order valence-electron chi connectivity index (χ2n) is 3.29. The van der Waals surface area contributed by atoms with Crippen LogP contribution in [-0.2, 0) is 6.42 Å². The first-order valence-corrected chi connectivity index (χ1v) is 4.97. The summed E-state index contributed by atoms with van der Waals surface area (Å²) in [6.07, 6.45) is 1.28. The van der Waals surface area contributed by atoms with Crippen LogP contribution in [0.4, 0.5) is 0 Å². The molecule has 0 amide bonds. The van der Waals surface area contributed by atoms with Crippen molar-refractivity contribution in [2.45, 2.75) is 13.3 Å². The number of hydrogen-bond donors (Lipinski definition) is 1. The molecule has 0 atom stereocenters. The van der Waals surface area contributed by atoms with Gasteiger partial charge in [0.25, 0.3) is 0 Å². The molecule has 2 heterocycles. The van der Waals surface area contributed by atoms with Gasteiger partial charge in [0.05, 0.1) is 0 Å². The smallest absolute Gasteiger partial charge is 0.00170 e. The lowest BCUT2D eigenvalue weighted by Crippen LogP contribution is -2.42. The maximum atomic E-state index is 3.29. The van der Waals surface area contributed by atoms with Crippen molar-refractivity contribution in [1.29, 1.82) is 0 Å². The van der Waals surface area contributed by atoms with Crippen LogP contribution in [0.3, 0.4) is 0 Å². The van der Waals surface area contributed by atoms with Crippen LogP contribution in [0.1, 0.15) is 10.4 Å². The third kappa shape index (κ3) is 1.63. The van der Waals surface area contributed by atoms with Crippen LogP contribution in [0.2, 0.25) is 0 Å². The van der Waals surface area contributed by atoms with Crippen LogP contribution in [-0.4, -0.2) is 13.1 Å². The predicted octanol–water partition coefficient (Wildman–Crippen LogP) is 1.82. The van der Waals surface area contributed by atoms with Crippen LogP contribution in [0.25, 0.3) is 0 Å². The Bertz CT molecular complexity index is 237. The molecule has 1 saturated heterocycles. The van der Waals surface area contributed by atoms with E-state index in [1.807, 2.05) is 11.3 Å². The molecule has 60 valence electrons. The van der Waals surface area contributed by atoms with Gasteiger partial charge < -0.3 is 5.32 Å². The standard InChI is InChI=1S/C9H13NS/c1-7-2-8(6-11-7)3-9-4-10-5-9/h2,6,9-10H,3-5H2,1H3. The number of aryl methyl sites for hydroxylation is 1. The average molecular weight is 167 g/mol. The Morgan fingerprint density at radius 1 is 1.64 bits per heavy atom. The summed E-state index contributed by atoms with van der Waals surface area (Å²) in [5, 5.41) is 5.58. The van der Waals surface area contributed by atoms with Gasteiger partial charge >= 0.3 is 0 Å². The van der Waals surface area contributed by atoms with E-state index in [1.165, 1.54) is 30.0 Å². The Kier molecular flexibility index (Phi) is 1.96. The quantitative estimate of drug-likeness (QED) is 0.708. The molecule has 1 nitrogen and oxygen atoms in total. The molecule has 2 heteroatoms. The lowest BCUT2D eigenvalue weighted by Gasteiger charge is -2.26. The minimum absolute atomic E-state index is 0.906. The van der Waals surface area contributed by atoms with Crippen molar-refractivity contribution in [2.24, 2.45) is 5.92 Å². The Morgan fingerprint density at radius 2 is 2.45 bits per heavy atom. The van der Waals surface area contributed by atoms with E-state index < -0.39 is 0 Å². The van der Waals surface area contributed by atoms with Crippen LogP contribution in [0.5, 0.6) is 0 Å². The van der Waals surface area contributed by atoms with Gasteiger partial charge in [-0.2, -0.15) is 0 Å². The van der Waals surface area contributed by atoms with E-state index in [9.17, 15) is 0 Å². The molecule has 0 bridgehead atoms. The molecule has 1 aromatic rings. The van der Waals surface area contributed by atoms with Crippen molar-refractivity contribution in [1.82, 2.24) is 5.32 Å². The monoisotopic (exact) mass is 167 g/mol. The molecule has 1 aliphatic rings. The molecule has 2 rings (SSSR count). The lowest BCUT2D eigenvalue weighted by atomic mass is 9.96. The fraction of sp³-hybridized carbons (Fsp3) is 0.556. The molecule has 11 heavy (non-hydrogen) atoms. The molecule has 0 saturated carbocycles. The van der Waals surface area contributed by atoms with Gasteiger partial charge in [0.2, 0.25) is 0 Å². The number of nitrogens with one attached hydrogen (secondary N) is 1. The van der Waals surface area contributed by atoms with Crippen LogP contribution in [0, 0.1) is 12.8 Å². The molecule has 0 aliphatic carbocycles. The number of hydrogen-bond acceptors (Lipinski definition) is 2. The Balaban J connectivity index is 1.95. The van der Waals surface area contributed by atoms with Crippen molar-refractivity contribution in [3.05, 3.63) is 21.9 Å². The first kappa shape index (κ1) is 7.32. The zero-order valence-electron chi connectivity index (χ0n) is 6.76. The van der Waals surface area contributed by atoms with Crippen molar-refractivity contribution >= 4 is 11.3 Å². The van der Waals surface area contributed by atoms with Crippen molar-refractivity contribution in [3.8, 4) is 0 Å². The lowest BCUT2D eigenvalue weighted by molar-refractivity contribution is 0.347. The van der Waals surface area contributed by atoms with Crippen molar-refractivity contribution in [3.63, 3.8) is 0 Å². The molecule has 1 fully saturated rings. The van der Waals surface area contributed by atoms with E-state index in [4.69, 9.17) is 0 Å². The van der Waals surface area contributed by atoms with Gasteiger partial charge in [-0.25, -0.2) is 0 Å². The normalized spacial score (nSPS) is 18.3. The molecule has 0 aromatic carbocycles. The second-order valence-corrected chi connectivity index (χ2v) is 4.41. The van der Waals surface area contributed by atoms with Gasteiger partial charge in [0.1, 0.15) is 0 Å². The molecule has 0 spiro atoms. The topological polar surface area (TPSA) is 12.0 Å². The molecule has 1 aromatic heterocycles. The number of thiophene rings is 1. The second kappa shape index (κ2) is 2.95. The Morgan fingerprint density at radius 3 is 2.91 bits per heavy atom. The molecule has 0 unspecified atom stereocenters. The highest BCUT2D eigenvalue weighted by atomic mass is 32.1. The summed E-state index contributed by atoms with van der Waals surface area (Å²) >= 11 is 1.86. The van der Waals surface area contributed by atoms with Crippen LogP contribution >= 0.6 is 11.3 Å². The van der Waals surface area contributed by atoms with E-state index in [-0.39, 0.29) is 0 Å². The molecular weight excluding hydrogens is 154 g/mol. The number of rotatable bonds is 2. The summed E-state index contributed by atoms with van der Waals surface area (Å²) in [6.45, 7) is 4.61. The van der Waals surface area contributed by atoms with Gasteiger partial charge in [0, 0.05) is 4.88 Å². The van der Waals surface area contributed by atoms with E-state index in [0.717, 1.165) is 5.92 Å². The average Bonchev–Trinajstić information content (AvgIpc) is 2.27.